The maximum Gasteiger partial charge on any atom is 0.224 e. The number of aryl methyl sites for hydroxylation is 1. The number of benzene rings is 1. The van der Waals surface area contributed by atoms with Crippen molar-refractivity contribution in [3.63, 3.8) is 0 Å². The third-order valence-electron chi connectivity index (χ3n) is 4.64. The second-order valence-corrected chi connectivity index (χ2v) is 7.27. The molecular weight excluding hydrogens is 340 g/mol. The molecule has 22 heavy (non-hydrogen) atoms. The van der Waals surface area contributed by atoms with E-state index in [2.05, 4.69) is 38.4 Å². The van der Waals surface area contributed by atoms with Gasteiger partial charge in [-0.15, -0.1) is 0 Å². The van der Waals surface area contributed by atoms with Gasteiger partial charge in [0, 0.05) is 27.1 Å². The number of hydrogen-bond donors (Lipinski definition) is 2. The van der Waals surface area contributed by atoms with Crippen LogP contribution in [-0.4, -0.2) is 16.9 Å². The van der Waals surface area contributed by atoms with Gasteiger partial charge in [-0.05, 0) is 43.5 Å². The second kappa shape index (κ2) is 6.86. The van der Waals surface area contributed by atoms with Crippen LogP contribution in [0.2, 0.25) is 0 Å². The molecule has 1 fully saturated rings. The highest BCUT2D eigenvalue weighted by Crippen LogP contribution is 2.26. The van der Waals surface area contributed by atoms with E-state index in [-0.39, 0.29) is 5.91 Å². The number of aromatic nitrogens is 1. The van der Waals surface area contributed by atoms with Crippen LogP contribution in [0, 0.1) is 6.92 Å². The lowest BCUT2D eigenvalue weighted by Crippen LogP contribution is -2.35. The van der Waals surface area contributed by atoms with E-state index in [1.54, 1.807) is 0 Å². The van der Waals surface area contributed by atoms with Crippen molar-refractivity contribution in [2.45, 2.75) is 57.9 Å². The van der Waals surface area contributed by atoms with Crippen molar-refractivity contribution < 1.29 is 4.79 Å². The van der Waals surface area contributed by atoms with Crippen molar-refractivity contribution in [1.29, 1.82) is 0 Å². The van der Waals surface area contributed by atoms with Crippen molar-refractivity contribution in [3.8, 4) is 0 Å². The zero-order chi connectivity index (χ0) is 15.5. The van der Waals surface area contributed by atoms with Crippen LogP contribution in [0.5, 0.6) is 0 Å². The lowest BCUT2D eigenvalue weighted by atomic mass is 10.1. The zero-order valence-electron chi connectivity index (χ0n) is 13.0. The number of halogens is 1. The molecular formula is C18H23BrN2O. The molecule has 0 aliphatic heterocycles. The fraction of sp³-hybridized carbons (Fsp3) is 0.500. The molecule has 0 atom stereocenters. The Morgan fingerprint density at radius 1 is 1.27 bits per heavy atom. The summed E-state index contributed by atoms with van der Waals surface area (Å²) in [5.41, 5.74) is 3.30. The predicted octanol–water partition coefficient (Wildman–Crippen LogP) is 4.62. The lowest BCUT2D eigenvalue weighted by molar-refractivity contribution is -0.121. The van der Waals surface area contributed by atoms with Crippen molar-refractivity contribution in [2.75, 3.05) is 0 Å². The molecule has 1 aliphatic carbocycles. The molecule has 1 aliphatic rings. The number of fused-ring (bicyclic) bond motifs is 1. The Morgan fingerprint density at radius 3 is 2.73 bits per heavy atom. The first-order chi connectivity index (χ1) is 10.6. The number of rotatable bonds is 3. The first kappa shape index (κ1) is 15.6. The van der Waals surface area contributed by atoms with Crippen molar-refractivity contribution in [3.05, 3.63) is 33.9 Å². The quantitative estimate of drug-likeness (QED) is 0.768. The highest BCUT2D eigenvalue weighted by Gasteiger charge is 2.17. The minimum atomic E-state index is 0.149. The number of H-pyrrole nitrogens is 1. The minimum Gasteiger partial charge on any atom is -0.358 e. The molecule has 0 unspecified atom stereocenters. The topological polar surface area (TPSA) is 44.9 Å². The Bertz CT molecular complexity index is 669. The predicted molar refractivity (Wildman–Crippen MR) is 94.1 cm³/mol. The summed E-state index contributed by atoms with van der Waals surface area (Å²) in [5, 5.41) is 4.38. The molecule has 1 aromatic carbocycles. The molecule has 2 N–H and O–H groups in total. The monoisotopic (exact) mass is 362 g/mol. The summed E-state index contributed by atoms with van der Waals surface area (Å²) in [5.74, 6) is 0.149. The number of amides is 1. The molecule has 1 amide bonds. The maximum atomic E-state index is 12.4. The number of hydrogen-bond acceptors (Lipinski definition) is 1. The normalized spacial score (nSPS) is 16.6. The van der Waals surface area contributed by atoms with Gasteiger partial charge in [-0.1, -0.05) is 41.6 Å². The SMILES string of the molecule is Cc1[nH]c2ccc(Br)cc2c1CC(=O)NC1CCCCCC1. The average molecular weight is 363 g/mol. The van der Waals surface area contributed by atoms with Crippen LogP contribution in [0.15, 0.2) is 22.7 Å². The Morgan fingerprint density at radius 2 is 2.00 bits per heavy atom. The van der Waals surface area contributed by atoms with Crippen LogP contribution in [0.25, 0.3) is 10.9 Å². The smallest absolute Gasteiger partial charge is 0.224 e. The lowest BCUT2D eigenvalue weighted by Gasteiger charge is -2.16. The fourth-order valence-corrected chi connectivity index (χ4v) is 3.81. The van der Waals surface area contributed by atoms with E-state index in [1.807, 2.05) is 13.0 Å². The summed E-state index contributed by atoms with van der Waals surface area (Å²) in [6.45, 7) is 2.04. The number of aromatic amines is 1. The number of carbonyl (C=O) groups excluding carboxylic acids is 1. The summed E-state index contributed by atoms with van der Waals surface area (Å²) in [4.78, 5) is 15.8. The molecule has 0 saturated heterocycles. The molecule has 2 aromatic rings. The van der Waals surface area contributed by atoms with Crippen LogP contribution in [-0.2, 0) is 11.2 Å². The van der Waals surface area contributed by atoms with E-state index in [4.69, 9.17) is 0 Å². The van der Waals surface area contributed by atoms with E-state index in [9.17, 15) is 4.79 Å². The Labute approximate surface area is 140 Å². The van der Waals surface area contributed by atoms with Crippen LogP contribution in [0.4, 0.5) is 0 Å². The fourth-order valence-electron chi connectivity index (χ4n) is 3.45. The first-order valence-electron chi connectivity index (χ1n) is 8.19. The highest BCUT2D eigenvalue weighted by molar-refractivity contribution is 9.10. The number of carbonyl (C=O) groups is 1. The Kier molecular flexibility index (Phi) is 4.87. The van der Waals surface area contributed by atoms with Gasteiger partial charge >= 0.3 is 0 Å². The molecule has 0 bridgehead atoms. The van der Waals surface area contributed by atoms with Gasteiger partial charge < -0.3 is 10.3 Å². The van der Waals surface area contributed by atoms with Crippen LogP contribution < -0.4 is 5.32 Å². The van der Waals surface area contributed by atoms with Gasteiger partial charge in [-0.2, -0.15) is 0 Å². The molecule has 1 heterocycles. The summed E-state index contributed by atoms with van der Waals surface area (Å²) in [6, 6.07) is 6.53. The third-order valence-corrected chi connectivity index (χ3v) is 5.13. The van der Waals surface area contributed by atoms with Gasteiger partial charge in [0.2, 0.25) is 5.91 Å². The van der Waals surface area contributed by atoms with Crippen molar-refractivity contribution >= 4 is 32.7 Å². The molecule has 0 radical (unpaired) electrons. The highest BCUT2D eigenvalue weighted by atomic mass is 79.9. The first-order valence-corrected chi connectivity index (χ1v) is 8.99. The summed E-state index contributed by atoms with van der Waals surface area (Å²) < 4.78 is 1.05. The van der Waals surface area contributed by atoms with Crippen LogP contribution in [0.3, 0.4) is 0 Å². The molecule has 0 spiro atoms. The van der Waals surface area contributed by atoms with Gasteiger partial charge in [0.1, 0.15) is 0 Å². The largest absolute Gasteiger partial charge is 0.358 e. The van der Waals surface area contributed by atoms with E-state index >= 15 is 0 Å². The number of nitrogens with one attached hydrogen (secondary N) is 2. The zero-order valence-corrected chi connectivity index (χ0v) is 14.6. The minimum absolute atomic E-state index is 0.149. The summed E-state index contributed by atoms with van der Waals surface area (Å²) in [6.07, 6.45) is 7.81. The standard InChI is InChI=1S/C18H23BrN2O/c1-12-15(16-10-13(19)8-9-17(16)20-12)11-18(22)21-14-6-4-2-3-5-7-14/h8-10,14,20H,2-7,11H2,1H3,(H,21,22). The van der Waals surface area contributed by atoms with Crippen molar-refractivity contribution in [1.82, 2.24) is 10.3 Å². The van der Waals surface area contributed by atoms with E-state index < -0.39 is 0 Å². The van der Waals surface area contributed by atoms with E-state index in [0.29, 0.717) is 12.5 Å². The molecule has 3 rings (SSSR count). The molecule has 118 valence electrons. The molecule has 1 saturated carbocycles. The third kappa shape index (κ3) is 3.54. The Balaban J connectivity index is 1.73. The van der Waals surface area contributed by atoms with Crippen LogP contribution >= 0.6 is 15.9 Å². The van der Waals surface area contributed by atoms with Gasteiger partial charge in [0.25, 0.3) is 0 Å². The summed E-state index contributed by atoms with van der Waals surface area (Å²) >= 11 is 3.52. The Hall–Kier alpha value is -1.29. The van der Waals surface area contributed by atoms with Crippen molar-refractivity contribution in [2.24, 2.45) is 0 Å². The van der Waals surface area contributed by atoms with E-state index in [1.165, 1.54) is 25.7 Å². The van der Waals surface area contributed by atoms with Gasteiger partial charge in [-0.25, -0.2) is 0 Å². The van der Waals surface area contributed by atoms with E-state index in [0.717, 1.165) is 39.5 Å². The van der Waals surface area contributed by atoms with Gasteiger partial charge in [-0.3, -0.25) is 4.79 Å². The molecule has 1 aromatic heterocycles. The maximum absolute atomic E-state index is 12.4. The second-order valence-electron chi connectivity index (χ2n) is 6.35. The van der Waals surface area contributed by atoms with Gasteiger partial charge in [0.05, 0.1) is 6.42 Å². The molecule has 4 heteroatoms. The molecule has 3 nitrogen and oxygen atoms in total. The average Bonchev–Trinajstić information content (AvgIpc) is 2.67. The van der Waals surface area contributed by atoms with Gasteiger partial charge in [0.15, 0.2) is 0 Å². The summed E-state index contributed by atoms with van der Waals surface area (Å²) in [7, 11) is 0. The van der Waals surface area contributed by atoms with Crippen LogP contribution in [0.1, 0.15) is 49.8 Å².